The number of primary amides is 1. The summed E-state index contributed by atoms with van der Waals surface area (Å²) in [5, 5.41) is 2.41. The van der Waals surface area contributed by atoms with Gasteiger partial charge in [0.15, 0.2) is 0 Å². The molecule has 1 aromatic heterocycles. The molecule has 1 rings (SSSR count). The van der Waals surface area contributed by atoms with Crippen molar-refractivity contribution in [2.45, 2.75) is 19.8 Å². The van der Waals surface area contributed by atoms with Crippen LogP contribution in [0.4, 0.5) is 5.82 Å². The monoisotopic (exact) mass is 251 g/mol. The highest BCUT2D eigenvalue weighted by Crippen LogP contribution is 2.17. The third-order valence-electron chi connectivity index (χ3n) is 2.27. The van der Waals surface area contributed by atoms with Crippen LogP contribution in [0.15, 0.2) is 12.1 Å². The summed E-state index contributed by atoms with van der Waals surface area (Å²) in [6.07, 6.45) is 0. The normalized spacial score (nSPS) is 10.2. The van der Waals surface area contributed by atoms with Crippen molar-refractivity contribution >= 4 is 17.6 Å². The Morgan fingerprint density at radius 3 is 2.56 bits per heavy atom. The minimum Gasteiger partial charge on any atom is -0.368 e. The van der Waals surface area contributed by atoms with Crippen LogP contribution in [0.2, 0.25) is 0 Å². The number of nitrogens with one attached hydrogen (secondary N) is 2. The highest BCUT2D eigenvalue weighted by Gasteiger charge is 2.11. The Kier molecular flexibility index (Phi) is 4.61. The van der Waals surface area contributed by atoms with E-state index in [1.54, 1.807) is 6.07 Å². The Labute approximate surface area is 105 Å². The number of aromatic nitrogens is 1. The summed E-state index contributed by atoms with van der Waals surface area (Å²) in [6.45, 7) is 3.70. The summed E-state index contributed by atoms with van der Waals surface area (Å²) in [6, 6.07) is 3.16. The van der Waals surface area contributed by atoms with E-state index in [4.69, 9.17) is 11.6 Å². The molecule has 0 saturated heterocycles. The van der Waals surface area contributed by atoms with E-state index in [2.05, 4.69) is 15.7 Å². The average molecular weight is 251 g/mol. The second-order valence-corrected chi connectivity index (χ2v) is 4.11. The van der Waals surface area contributed by atoms with E-state index >= 15 is 0 Å². The fourth-order valence-corrected chi connectivity index (χ4v) is 1.32. The number of carbonyl (C=O) groups excluding carboxylic acids is 2. The molecule has 0 aromatic carbocycles. The Balaban J connectivity index is 2.96. The van der Waals surface area contributed by atoms with Crippen molar-refractivity contribution in [3.8, 4) is 0 Å². The SMILES string of the molecule is CC(C)c1cc(C(=O)NCC(N)=O)cc(NN)n1. The summed E-state index contributed by atoms with van der Waals surface area (Å²) in [7, 11) is 0. The van der Waals surface area contributed by atoms with Gasteiger partial charge in [-0.15, -0.1) is 0 Å². The molecule has 98 valence electrons. The molecule has 7 heteroatoms. The standard InChI is InChI=1S/C11H17N5O2/c1-6(2)8-3-7(4-10(15-8)16-13)11(18)14-5-9(12)17/h3-4,6H,5,13H2,1-2H3,(H2,12,17)(H,14,18)(H,15,16). The second-order valence-electron chi connectivity index (χ2n) is 4.11. The lowest BCUT2D eigenvalue weighted by Gasteiger charge is -2.10. The number of hydrogen-bond acceptors (Lipinski definition) is 5. The average Bonchev–Trinajstić information content (AvgIpc) is 2.35. The lowest BCUT2D eigenvalue weighted by Crippen LogP contribution is -2.33. The van der Waals surface area contributed by atoms with Gasteiger partial charge in [-0.3, -0.25) is 9.59 Å². The van der Waals surface area contributed by atoms with Gasteiger partial charge in [-0.1, -0.05) is 13.8 Å². The number of amides is 2. The predicted molar refractivity (Wildman–Crippen MR) is 67.7 cm³/mol. The van der Waals surface area contributed by atoms with Crippen LogP contribution in [0.5, 0.6) is 0 Å². The molecular formula is C11H17N5O2. The van der Waals surface area contributed by atoms with E-state index in [1.807, 2.05) is 13.8 Å². The molecule has 0 bridgehead atoms. The Hall–Kier alpha value is -2.15. The van der Waals surface area contributed by atoms with E-state index in [0.717, 1.165) is 5.69 Å². The first-order chi connectivity index (χ1) is 8.43. The third kappa shape index (κ3) is 3.70. The number of hydrogen-bond donors (Lipinski definition) is 4. The van der Waals surface area contributed by atoms with E-state index in [9.17, 15) is 9.59 Å². The van der Waals surface area contributed by atoms with E-state index in [1.165, 1.54) is 6.07 Å². The lowest BCUT2D eigenvalue weighted by atomic mass is 10.1. The molecule has 7 nitrogen and oxygen atoms in total. The summed E-state index contributed by atoms with van der Waals surface area (Å²) < 4.78 is 0. The molecule has 0 saturated carbocycles. The first-order valence-corrected chi connectivity index (χ1v) is 5.49. The van der Waals surface area contributed by atoms with Crippen LogP contribution in [0, 0.1) is 0 Å². The van der Waals surface area contributed by atoms with Gasteiger partial charge in [0.2, 0.25) is 5.91 Å². The summed E-state index contributed by atoms with van der Waals surface area (Å²) in [5.41, 5.74) is 8.46. The highest BCUT2D eigenvalue weighted by molar-refractivity contribution is 5.96. The van der Waals surface area contributed by atoms with Crippen LogP contribution in [0.3, 0.4) is 0 Å². The Morgan fingerprint density at radius 2 is 2.06 bits per heavy atom. The Bertz CT molecular complexity index is 459. The van der Waals surface area contributed by atoms with Gasteiger partial charge in [-0.05, 0) is 18.1 Å². The van der Waals surface area contributed by atoms with Crippen LogP contribution >= 0.6 is 0 Å². The molecule has 0 radical (unpaired) electrons. The molecule has 1 heterocycles. The molecule has 0 aliphatic carbocycles. The van der Waals surface area contributed by atoms with Crippen LogP contribution in [0.1, 0.15) is 35.8 Å². The number of hydrazine groups is 1. The van der Waals surface area contributed by atoms with E-state index in [-0.39, 0.29) is 12.5 Å². The topological polar surface area (TPSA) is 123 Å². The molecule has 6 N–H and O–H groups in total. The summed E-state index contributed by atoms with van der Waals surface area (Å²) in [4.78, 5) is 26.6. The second kappa shape index (κ2) is 5.97. The summed E-state index contributed by atoms with van der Waals surface area (Å²) >= 11 is 0. The number of pyridine rings is 1. The van der Waals surface area contributed by atoms with Crippen molar-refractivity contribution in [2.24, 2.45) is 11.6 Å². The van der Waals surface area contributed by atoms with E-state index in [0.29, 0.717) is 11.4 Å². The molecule has 2 amide bonds. The maximum absolute atomic E-state index is 11.8. The number of carbonyl (C=O) groups is 2. The zero-order valence-electron chi connectivity index (χ0n) is 10.4. The zero-order valence-corrected chi connectivity index (χ0v) is 10.4. The maximum atomic E-state index is 11.8. The van der Waals surface area contributed by atoms with Gasteiger partial charge in [-0.25, -0.2) is 10.8 Å². The number of nitrogens with two attached hydrogens (primary N) is 2. The zero-order chi connectivity index (χ0) is 13.7. The van der Waals surface area contributed by atoms with E-state index < -0.39 is 11.8 Å². The number of rotatable bonds is 5. The molecule has 0 aliphatic rings. The molecule has 0 aliphatic heterocycles. The van der Waals surface area contributed by atoms with Crippen molar-refractivity contribution in [2.75, 3.05) is 12.0 Å². The first kappa shape index (κ1) is 13.9. The van der Waals surface area contributed by atoms with Gasteiger partial charge in [0, 0.05) is 11.3 Å². The van der Waals surface area contributed by atoms with Gasteiger partial charge in [0.25, 0.3) is 5.91 Å². The Morgan fingerprint density at radius 1 is 1.39 bits per heavy atom. The van der Waals surface area contributed by atoms with Crippen LogP contribution < -0.4 is 22.3 Å². The maximum Gasteiger partial charge on any atom is 0.251 e. The molecule has 0 spiro atoms. The van der Waals surface area contributed by atoms with Crippen LogP contribution in [0.25, 0.3) is 0 Å². The third-order valence-corrected chi connectivity index (χ3v) is 2.27. The van der Waals surface area contributed by atoms with Gasteiger partial charge in [0.1, 0.15) is 5.82 Å². The molecule has 18 heavy (non-hydrogen) atoms. The molecule has 0 unspecified atom stereocenters. The minimum atomic E-state index is -0.598. The van der Waals surface area contributed by atoms with Gasteiger partial charge >= 0.3 is 0 Å². The highest BCUT2D eigenvalue weighted by atomic mass is 16.2. The smallest absolute Gasteiger partial charge is 0.251 e. The van der Waals surface area contributed by atoms with Gasteiger partial charge in [0.05, 0.1) is 6.54 Å². The van der Waals surface area contributed by atoms with Crippen LogP contribution in [-0.4, -0.2) is 23.3 Å². The number of nitrogen functional groups attached to an aromatic ring is 1. The predicted octanol–water partition coefficient (Wildman–Crippen LogP) is -0.294. The van der Waals surface area contributed by atoms with Crippen LogP contribution in [-0.2, 0) is 4.79 Å². The van der Waals surface area contributed by atoms with Crippen molar-refractivity contribution in [1.29, 1.82) is 0 Å². The number of anilines is 1. The lowest BCUT2D eigenvalue weighted by molar-refractivity contribution is -0.117. The van der Waals surface area contributed by atoms with Crippen molar-refractivity contribution < 1.29 is 9.59 Å². The summed E-state index contributed by atoms with van der Waals surface area (Å²) in [5.74, 6) is 4.85. The first-order valence-electron chi connectivity index (χ1n) is 5.49. The fourth-order valence-electron chi connectivity index (χ4n) is 1.32. The molecule has 0 fully saturated rings. The van der Waals surface area contributed by atoms with Gasteiger partial charge in [-0.2, -0.15) is 0 Å². The minimum absolute atomic E-state index is 0.154. The van der Waals surface area contributed by atoms with Crippen molar-refractivity contribution in [1.82, 2.24) is 10.3 Å². The van der Waals surface area contributed by atoms with Crippen molar-refractivity contribution in [3.05, 3.63) is 23.4 Å². The fraction of sp³-hybridized carbons (Fsp3) is 0.364. The quantitative estimate of drug-likeness (QED) is 0.423. The molecular weight excluding hydrogens is 234 g/mol. The largest absolute Gasteiger partial charge is 0.368 e. The number of nitrogens with zero attached hydrogens (tertiary/aromatic N) is 1. The molecule has 0 atom stereocenters. The van der Waals surface area contributed by atoms with Gasteiger partial charge < -0.3 is 16.5 Å². The van der Waals surface area contributed by atoms with Crippen molar-refractivity contribution in [3.63, 3.8) is 0 Å². The molecule has 1 aromatic rings.